The van der Waals surface area contributed by atoms with E-state index in [1.54, 1.807) is 24.3 Å². The van der Waals surface area contributed by atoms with Crippen molar-refractivity contribution >= 4 is 40.8 Å². The number of hydrogen-bond donors (Lipinski definition) is 4. The van der Waals surface area contributed by atoms with Crippen molar-refractivity contribution in [2.45, 2.75) is 44.1 Å². The number of carbonyl (C=O) groups excluding carboxylic acids is 2. The predicted octanol–water partition coefficient (Wildman–Crippen LogP) is 3.38. The molecule has 2 aromatic carbocycles. The number of amides is 2. The van der Waals surface area contributed by atoms with Gasteiger partial charge in [-0.15, -0.1) is 0 Å². The smallest absolute Gasteiger partial charge is 0.475 e. The maximum atomic E-state index is 12.7. The number of alkyl halides is 3. The summed E-state index contributed by atoms with van der Waals surface area (Å²) in [6, 6.07) is 14.8. The first-order chi connectivity index (χ1) is 18.3. The minimum Gasteiger partial charge on any atom is -0.475 e. The number of likely N-dealkylation sites (tertiary alicyclic amines) is 1. The van der Waals surface area contributed by atoms with E-state index in [9.17, 15) is 27.9 Å². The van der Waals surface area contributed by atoms with Gasteiger partial charge in [0.15, 0.2) is 0 Å². The Morgan fingerprint density at radius 2 is 1.59 bits per heavy atom. The third kappa shape index (κ3) is 8.57. The fraction of sp³-hybridized carbons (Fsp3) is 0.423. The van der Waals surface area contributed by atoms with Crippen LogP contribution in [0.1, 0.15) is 30.1 Å². The fourth-order valence-electron chi connectivity index (χ4n) is 4.52. The molecular formula is C26H30ClF3N4O5. The molecule has 2 amide bonds. The lowest BCUT2D eigenvalue weighted by molar-refractivity contribution is -0.192. The van der Waals surface area contributed by atoms with Gasteiger partial charge in [0.05, 0.1) is 23.5 Å². The molecule has 2 fully saturated rings. The molecule has 2 saturated heterocycles. The van der Waals surface area contributed by atoms with Gasteiger partial charge < -0.3 is 30.6 Å². The van der Waals surface area contributed by atoms with E-state index in [0.717, 1.165) is 24.2 Å². The number of aliphatic hydroxyl groups excluding tert-OH is 1. The van der Waals surface area contributed by atoms with Crippen molar-refractivity contribution in [1.29, 1.82) is 0 Å². The molecule has 4 N–H and O–H groups in total. The summed E-state index contributed by atoms with van der Waals surface area (Å²) in [5, 5.41) is 24.9. The summed E-state index contributed by atoms with van der Waals surface area (Å²) in [6.45, 7) is 4.00. The number of hydrogen-bond acceptors (Lipinski definition) is 6. The standard InChI is InChI=1S/C24H29ClN4O3.C2HF3O2/c1-16(30)26-20-4-2-3-5-22(20)29-14-21(23(31)15-29)27-19-10-12-28(13-11-19)24(32)17-6-8-18(25)9-7-17;3-2(4,5)1(6)7/h2-9,19,21,23,27,31H,10-15H2,1H3,(H,26,30);(H,6,7)/t21?,23-;/m1./s1. The number of carboxylic acid groups (broad SMARTS) is 1. The Hall–Kier alpha value is -3.35. The van der Waals surface area contributed by atoms with E-state index in [2.05, 4.69) is 15.5 Å². The molecule has 0 saturated carbocycles. The second-order valence-corrected chi connectivity index (χ2v) is 9.76. The SMILES string of the molecule is CC(=O)Nc1ccccc1N1CC(NC2CCN(C(=O)c3ccc(Cl)cc3)CC2)[C@H](O)C1.O=C(O)C(F)(F)F. The predicted molar refractivity (Wildman–Crippen MR) is 140 cm³/mol. The summed E-state index contributed by atoms with van der Waals surface area (Å²) in [7, 11) is 0. The van der Waals surface area contributed by atoms with E-state index >= 15 is 0 Å². The number of benzene rings is 2. The van der Waals surface area contributed by atoms with Crippen LogP contribution in [0.15, 0.2) is 48.5 Å². The maximum Gasteiger partial charge on any atom is 0.490 e. The van der Waals surface area contributed by atoms with Crippen LogP contribution in [-0.4, -0.2) is 83.4 Å². The summed E-state index contributed by atoms with van der Waals surface area (Å²) in [6.07, 6.45) is -3.91. The molecule has 0 aliphatic carbocycles. The molecule has 13 heteroatoms. The van der Waals surface area contributed by atoms with Gasteiger partial charge in [0.2, 0.25) is 5.91 Å². The fourth-order valence-corrected chi connectivity index (χ4v) is 4.64. The number of aliphatic hydroxyl groups is 1. The lowest BCUT2D eigenvalue weighted by Gasteiger charge is -2.34. The van der Waals surface area contributed by atoms with Crippen LogP contribution in [0.5, 0.6) is 0 Å². The average molecular weight is 571 g/mol. The molecule has 1 unspecified atom stereocenters. The summed E-state index contributed by atoms with van der Waals surface area (Å²) in [4.78, 5) is 37.1. The highest BCUT2D eigenvalue weighted by Crippen LogP contribution is 2.29. The Labute approximate surface area is 228 Å². The number of piperidine rings is 1. The van der Waals surface area contributed by atoms with E-state index in [1.807, 2.05) is 29.2 Å². The molecular weight excluding hydrogens is 541 g/mol. The molecule has 2 aliphatic rings. The minimum atomic E-state index is -5.08. The summed E-state index contributed by atoms with van der Waals surface area (Å²) in [5.74, 6) is -2.85. The number of halogens is 4. The van der Waals surface area contributed by atoms with Gasteiger partial charge in [0.25, 0.3) is 5.91 Å². The lowest BCUT2D eigenvalue weighted by Crippen LogP contribution is -2.50. The van der Waals surface area contributed by atoms with Gasteiger partial charge in [-0.2, -0.15) is 13.2 Å². The Kier molecular flexibility index (Phi) is 10.2. The molecule has 0 spiro atoms. The van der Waals surface area contributed by atoms with Crippen LogP contribution in [0.25, 0.3) is 0 Å². The third-order valence-corrected chi connectivity index (χ3v) is 6.66. The van der Waals surface area contributed by atoms with Crippen molar-refractivity contribution in [3.8, 4) is 0 Å². The largest absolute Gasteiger partial charge is 0.490 e. The van der Waals surface area contributed by atoms with E-state index in [0.29, 0.717) is 36.8 Å². The maximum absolute atomic E-state index is 12.7. The second kappa shape index (κ2) is 13.1. The van der Waals surface area contributed by atoms with Crippen LogP contribution in [0.3, 0.4) is 0 Å². The Morgan fingerprint density at radius 1 is 1.00 bits per heavy atom. The highest BCUT2D eigenvalue weighted by molar-refractivity contribution is 6.30. The Balaban J connectivity index is 0.000000532. The van der Waals surface area contributed by atoms with Crippen molar-refractivity contribution < 1.29 is 37.8 Å². The number of nitrogens with zero attached hydrogens (tertiary/aromatic N) is 2. The topological polar surface area (TPSA) is 122 Å². The minimum absolute atomic E-state index is 0.0294. The zero-order valence-electron chi connectivity index (χ0n) is 21.1. The highest BCUT2D eigenvalue weighted by atomic mass is 35.5. The summed E-state index contributed by atoms with van der Waals surface area (Å²) >= 11 is 5.92. The zero-order valence-corrected chi connectivity index (χ0v) is 21.9. The first-order valence-corrected chi connectivity index (χ1v) is 12.6. The van der Waals surface area contributed by atoms with Crippen molar-refractivity contribution in [3.63, 3.8) is 0 Å². The van der Waals surface area contributed by atoms with Crippen LogP contribution >= 0.6 is 11.6 Å². The number of β-amino-alcohol motifs (C(OH)–C–C–N with tert-alkyl or cyclic N) is 1. The normalized spacial score (nSPS) is 19.7. The number of nitrogens with one attached hydrogen (secondary N) is 2. The number of carbonyl (C=O) groups is 3. The summed E-state index contributed by atoms with van der Waals surface area (Å²) < 4.78 is 31.7. The lowest BCUT2D eigenvalue weighted by atomic mass is 10.0. The van der Waals surface area contributed by atoms with Crippen LogP contribution in [0.4, 0.5) is 24.5 Å². The molecule has 212 valence electrons. The molecule has 2 aromatic rings. The third-order valence-electron chi connectivity index (χ3n) is 6.41. The van der Waals surface area contributed by atoms with Crippen molar-refractivity contribution in [1.82, 2.24) is 10.2 Å². The first-order valence-electron chi connectivity index (χ1n) is 12.3. The van der Waals surface area contributed by atoms with Crippen LogP contribution < -0.4 is 15.5 Å². The van der Waals surface area contributed by atoms with E-state index < -0.39 is 18.2 Å². The molecule has 2 aliphatic heterocycles. The van der Waals surface area contributed by atoms with Gasteiger partial charge in [0, 0.05) is 49.7 Å². The van der Waals surface area contributed by atoms with Crippen LogP contribution in [0.2, 0.25) is 5.02 Å². The molecule has 4 rings (SSSR count). The van der Waals surface area contributed by atoms with Crippen molar-refractivity contribution in [2.75, 3.05) is 36.4 Å². The molecule has 2 atom stereocenters. The molecule has 39 heavy (non-hydrogen) atoms. The number of rotatable bonds is 5. The molecule has 2 heterocycles. The summed E-state index contributed by atoms with van der Waals surface area (Å²) in [5.41, 5.74) is 2.32. The van der Waals surface area contributed by atoms with Gasteiger partial charge in [0.1, 0.15) is 0 Å². The number of carboxylic acids is 1. The van der Waals surface area contributed by atoms with E-state index in [4.69, 9.17) is 21.5 Å². The van der Waals surface area contributed by atoms with Gasteiger partial charge >= 0.3 is 12.1 Å². The number of aliphatic carboxylic acids is 1. The van der Waals surface area contributed by atoms with Gasteiger partial charge in [-0.1, -0.05) is 23.7 Å². The van der Waals surface area contributed by atoms with E-state index in [-0.39, 0.29) is 23.9 Å². The van der Waals surface area contributed by atoms with Gasteiger partial charge in [-0.05, 0) is 49.2 Å². The molecule has 0 bridgehead atoms. The first kappa shape index (κ1) is 30.2. The second-order valence-electron chi connectivity index (χ2n) is 9.32. The number of anilines is 2. The van der Waals surface area contributed by atoms with E-state index in [1.165, 1.54) is 6.92 Å². The van der Waals surface area contributed by atoms with Crippen molar-refractivity contribution in [2.24, 2.45) is 0 Å². The average Bonchev–Trinajstić information content (AvgIpc) is 3.24. The molecule has 9 nitrogen and oxygen atoms in total. The molecule has 0 radical (unpaired) electrons. The monoisotopic (exact) mass is 570 g/mol. The zero-order chi connectivity index (χ0) is 28.7. The van der Waals surface area contributed by atoms with Crippen LogP contribution in [0, 0.1) is 0 Å². The molecule has 0 aromatic heterocycles. The van der Waals surface area contributed by atoms with Gasteiger partial charge in [-0.25, -0.2) is 4.79 Å². The Morgan fingerprint density at radius 3 is 2.15 bits per heavy atom. The van der Waals surface area contributed by atoms with Gasteiger partial charge in [-0.3, -0.25) is 9.59 Å². The number of para-hydroxylation sites is 2. The van der Waals surface area contributed by atoms with Crippen LogP contribution in [-0.2, 0) is 9.59 Å². The highest BCUT2D eigenvalue weighted by Gasteiger charge is 2.38. The van der Waals surface area contributed by atoms with Crippen molar-refractivity contribution in [3.05, 3.63) is 59.1 Å². The Bertz CT molecular complexity index is 1160. The quantitative estimate of drug-likeness (QED) is 0.435.